The summed E-state index contributed by atoms with van der Waals surface area (Å²) in [4.78, 5) is 27.4. The van der Waals surface area contributed by atoms with Crippen LogP contribution in [0.15, 0.2) is 22.7 Å². The monoisotopic (exact) mass is 363 g/mol. The highest BCUT2D eigenvalue weighted by atomic mass is 19.1. The summed E-state index contributed by atoms with van der Waals surface area (Å²) in [6.07, 6.45) is 0.821. The van der Waals surface area contributed by atoms with Crippen molar-refractivity contribution < 1.29 is 23.6 Å². The summed E-state index contributed by atoms with van der Waals surface area (Å²) in [6, 6.07) is 3.69. The van der Waals surface area contributed by atoms with E-state index in [0.29, 0.717) is 17.5 Å². The Labute approximate surface area is 150 Å². The van der Waals surface area contributed by atoms with E-state index in [1.54, 1.807) is 26.0 Å². The van der Waals surface area contributed by atoms with Gasteiger partial charge in [-0.25, -0.2) is 9.18 Å². The molecule has 26 heavy (non-hydrogen) atoms. The zero-order valence-electron chi connectivity index (χ0n) is 15.0. The number of nitrogens with zero attached hydrogens (tertiary/aromatic N) is 2. The Hall–Kier alpha value is -2.77. The first-order valence-electron chi connectivity index (χ1n) is 8.43. The van der Waals surface area contributed by atoms with E-state index in [-0.39, 0.29) is 36.3 Å². The van der Waals surface area contributed by atoms with Gasteiger partial charge in [-0.2, -0.15) is 4.98 Å². The van der Waals surface area contributed by atoms with Gasteiger partial charge in [0.1, 0.15) is 11.9 Å². The molecule has 140 valence electrons. The van der Waals surface area contributed by atoms with E-state index >= 15 is 0 Å². The molecule has 0 aliphatic carbocycles. The second kappa shape index (κ2) is 8.55. The van der Waals surface area contributed by atoms with Crippen LogP contribution in [0.1, 0.15) is 38.1 Å². The summed E-state index contributed by atoms with van der Waals surface area (Å²) >= 11 is 0. The highest BCUT2D eigenvalue weighted by Gasteiger charge is 2.25. The molecule has 2 N–H and O–H groups in total. The van der Waals surface area contributed by atoms with Gasteiger partial charge in [0.25, 0.3) is 0 Å². The molecule has 0 bridgehead atoms. The fourth-order valence-corrected chi connectivity index (χ4v) is 2.35. The van der Waals surface area contributed by atoms with Gasteiger partial charge in [-0.1, -0.05) is 37.6 Å². The van der Waals surface area contributed by atoms with Gasteiger partial charge in [0, 0.05) is 18.4 Å². The molecular weight excluding hydrogens is 341 g/mol. The highest BCUT2D eigenvalue weighted by Crippen LogP contribution is 2.19. The van der Waals surface area contributed by atoms with E-state index in [1.807, 2.05) is 6.92 Å². The predicted octanol–water partition coefficient (Wildman–Crippen LogP) is 2.73. The largest absolute Gasteiger partial charge is 0.480 e. The number of rotatable bonds is 8. The Morgan fingerprint density at radius 2 is 2.12 bits per heavy atom. The average Bonchev–Trinajstić information content (AvgIpc) is 3.08. The number of hydrogen-bond donors (Lipinski definition) is 2. The number of aryl methyl sites for hydroxylation is 2. The van der Waals surface area contributed by atoms with Gasteiger partial charge >= 0.3 is 5.97 Å². The molecule has 2 aromatic rings. The van der Waals surface area contributed by atoms with E-state index in [4.69, 9.17) is 4.52 Å². The van der Waals surface area contributed by atoms with Crippen molar-refractivity contribution in [1.29, 1.82) is 0 Å². The summed E-state index contributed by atoms with van der Waals surface area (Å²) in [5.41, 5.74) is 0.999. The van der Waals surface area contributed by atoms with Gasteiger partial charge in [0.15, 0.2) is 0 Å². The number of carbonyl (C=O) groups excluding carboxylic acids is 1. The van der Waals surface area contributed by atoms with E-state index in [1.165, 1.54) is 6.07 Å². The van der Waals surface area contributed by atoms with Crippen molar-refractivity contribution in [2.75, 3.05) is 0 Å². The summed E-state index contributed by atoms with van der Waals surface area (Å²) in [5.74, 6) is -1.54. The third kappa shape index (κ3) is 4.87. The fraction of sp³-hybridized carbons (Fsp3) is 0.444. The number of halogens is 1. The molecule has 2 rings (SSSR count). The lowest BCUT2D eigenvalue weighted by atomic mass is 9.99. The minimum atomic E-state index is -1.06. The number of hydrogen-bond acceptors (Lipinski definition) is 5. The Bertz CT molecular complexity index is 790. The molecule has 0 fully saturated rings. The Morgan fingerprint density at radius 3 is 2.73 bits per heavy atom. The van der Waals surface area contributed by atoms with Crippen molar-refractivity contribution >= 4 is 11.9 Å². The average molecular weight is 363 g/mol. The van der Waals surface area contributed by atoms with Crippen LogP contribution >= 0.6 is 0 Å². The number of aromatic nitrogens is 2. The first-order valence-corrected chi connectivity index (χ1v) is 8.43. The fourth-order valence-electron chi connectivity index (χ4n) is 2.35. The van der Waals surface area contributed by atoms with Crippen LogP contribution < -0.4 is 5.32 Å². The van der Waals surface area contributed by atoms with Gasteiger partial charge in [0.05, 0.1) is 0 Å². The Balaban J connectivity index is 1.95. The quantitative estimate of drug-likeness (QED) is 0.747. The molecule has 0 aliphatic heterocycles. The van der Waals surface area contributed by atoms with E-state index in [0.717, 1.165) is 0 Å². The standard InChI is InChI=1S/C18H22FN3O4/c1-4-10(2)16(18(24)25)20-14(23)7-8-15-21-17(22-26-15)12-6-5-11(3)13(19)9-12/h5-6,9-10,16H,4,7-8H2,1-3H3,(H,20,23)(H,24,25)/t10-,16-/m0/s1. The third-order valence-electron chi connectivity index (χ3n) is 4.26. The minimum absolute atomic E-state index is 0.0180. The third-order valence-corrected chi connectivity index (χ3v) is 4.26. The Kier molecular flexibility index (Phi) is 6.43. The smallest absolute Gasteiger partial charge is 0.326 e. The number of carbonyl (C=O) groups is 2. The van der Waals surface area contributed by atoms with Gasteiger partial charge in [0.2, 0.25) is 17.6 Å². The molecule has 2 atom stereocenters. The maximum Gasteiger partial charge on any atom is 0.326 e. The molecule has 1 heterocycles. The molecule has 1 aromatic carbocycles. The lowest BCUT2D eigenvalue weighted by molar-refractivity contribution is -0.143. The zero-order valence-corrected chi connectivity index (χ0v) is 15.0. The molecule has 8 heteroatoms. The number of amides is 1. The van der Waals surface area contributed by atoms with Crippen LogP contribution in [0.4, 0.5) is 4.39 Å². The molecule has 0 unspecified atom stereocenters. The van der Waals surface area contributed by atoms with Crippen molar-refractivity contribution in [3.05, 3.63) is 35.5 Å². The van der Waals surface area contributed by atoms with Crippen molar-refractivity contribution in [3.8, 4) is 11.4 Å². The summed E-state index contributed by atoms with van der Waals surface area (Å²) in [6.45, 7) is 5.29. The van der Waals surface area contributed by atoms with Crippen LogP contribution in [0.3, 0.4) is 0 Å². The number of benzene rings is 1. The second-order valence-electron chi connectivity index (χ2n) is 6.24. The molecule has 0 saturated carbocycles. The Morgan fingerprint density at radius 1 is 1.38 bits per heavy atom. The summed E-state index contributed by atoms with van der Waals surface area (Å²) in [7, 11) is 0. The lowest BCUT2D eigenvalue weighted by Crippen LogP contribution is -2.45. The van der Waals surface area contributed by atoms with Gasteiger partial charge in [-0.3, -0.25) is 4.79 Å². The zero-order chi connectivity index (χ0) is 19.3. The van der Waals surface area contributed by atoms with E-state index in [2.05, 4.69) is 15.5 Å². The molecule has 1 amide bonds. The SMILES string of the molecule is CC[C@H](C)[C@H](NC(=O)CCc1nc(-c2ccc(C)c(F)c2)no1)C(=O)O. The van der Waals surface area contributed by atoms with Crippen LogP contribution in [-0.4, -0.2) is 33.2 Å². The minimum Gasteiger partial charge on any atom is -0.480 e. The predicted molar refractivity (Wildman–Crippen MR) is 91.8 cm³/mol. The molecule has 0 spiro atoms. The molecule has 7 nitrogen and oxygen atoms in total. The van der Waals surface area contributed by atoms with Gasteiger partial charge in [-0.15, -0.1) is 0 Å². The van der Waals surface area contributed by atoms with E-state index in [9.17, 15) is 19.1 Å². The van der Waals surface area contributed by atoms with Crippen LogP contribution in [0.5, 0.6) is 0 Å². The first-order chi connectivity index (χ1) is 12.3. The number of carboxylic acids is 1. The number of nitrogens with one attached hydrogen (secondary N) is 1. The van der Waals surface area contributed by atoms with Crippen LogP contribution in [0, 0.1) is 18.7 Å². The summed E-state index contributed by atoms with van der Waals surface area (Å²) in [5, 5.41) is 15.5. The van der Waals surface area contributed by atoms with Gasteiger partial charge in [-0.05, 0) is 24.5 Å². The highest BCUT2D eigenvalue weighted by molar-refractivity contribution is 5.83. The van der Waals surface area contributed by atoms with Crippen LogP contribution in [0.25, 0.3) is 11.4 Å². The van der Waals surface area contributed by atoms with Crippen molar-refractivity contribution in [1.82, 2.24) is 15.5 Å². The lowest BCUT2D eigenvalue weighted by Gasteiger charge is -2.19. The van der Waals surface area contributed by atoms with E-state index < -0.39 is 17.9 Å². The number of aliphatic carboxylic acids is 1. The molecule has 0 saturated heterocycles. The number of carboxylic acid groups (broad SMARTS) is 1. The second-order valence-corrected chi connectivity index (χ2v) is 6.24. The van der Waals surface area contributed by atoms with Crippen molar-refractivity contribution in [3.63, 3.8) is 0 Å². The maximum atomic E-state index is 13.6. The van der Waals surface area contributed by atoms with Crippen LogP contribution in [0.2, 0.25) is 0 Å². The van der Waals surface area contributed by atoms with Crippen molar-refractivity contribution in [2.45, 2.75) is 46.1 Å². The van der Waals surface area contributed by atoms with Gasteiger partial charge < -0.3 is 14.9 Å². The maximum absolute atomic E-state index is 13.6. The molecule has 0 aliphatic rings. The summed E-state index contributed by atoms with van der Waals surface area (Å²) < 4.78 is 18.7. The molecular formula is C18H22FN3O4. The molecule has 0 radical (unpaired) electrons. The topological polar surface area (TPSA) is 105 Å². The van der Waals surface area contributed by atoms with Crippen LogP contribution in [-0.2, 0) is 16.0 Å². The molecule has 1 aromatic heterocycles. The first kappa shape index (κ1) is 19.6. The van der Waals surface area contributed by atoms with Crippen molar-refractivity contribution in [2.24, 2.45) is 5.92 Å². The normalized spacial score (nSPS) is 13.2.